The molecule has 0 fully saturated rings. The zero-order valence-electron chi connectivity index (χ0n) is 14.8. The number of rotatable bonds is 6. The van der Waals surface area contributed by atoms with Crippen molar-refractivity contribution in [3.8, 4) is 17.2 Å². The summed E-state index contributed by atoms with van der Waals surface area (Å²) in [6.07, 6.45) is 1.64. The summed E-state index contributed by atoms with van der Waals surface area (Å²) in [5.74, 6) is 0.166. The Hall–Kier alpha value is -3.81. The maximum absolute atomic E-state index is 12.5. The number of methoxy groups -OCH3 is 2. The Morgan fingerprint density at radius 2 is 1.63 bits per heavy atom. The van der Waals surface area contributed by atoms with Crippen LogP contribution in [0.25, 0.3) is 5.69 Å². The van der Waals surface area contributed by atoms with Crippen LogP contribution in [-0.2, 0) is 0 Å². The Balaban J connectivity index is 1.76. The van der Waals surface area contributed by atoms with E-state index in [4.69, 9.17) is 15.2 Å². The van der Waals surface area contributed by atoms with Gasteiger partial charge in [0.2, 0.25) is 0 Å². The lowest BCUT2D eigenvalue weighted by molar-refractivity contribution is 0.0993. The number of nitrogens with one attached hydrogen (secondary N) is 1. The Morgan fingerprint density at radius 3 is 2.15 bits per heavy atom. The first-order chi connectivity index (χ1) is 13.0. The van der Waals surface area contributed by atoms with Gasteiger partial charge in [-0.15, -0.1) is 0 Å². The van der Waals surface area contributed by atoms with E-state index in [-0.39, 0.29) is 11.6 Å². The van der Waals surface area contributed by atoms with E-state index in [0.29, 0.717) is 22.7 Å². The molecule has 1 aromatic heterocycles. The van der Waals surface area contributed by atoms with Crippen molar-refractivity contribution in [3.05, 3.63) is 66.0 Å². The van der Waals surface area contributed by atoms with Crippen LogP contribution in [0, 0.1) is 0 Å². The van der Waals surface area contributed by atoms with Crippen LogP contribution in [0.3, 0.4) is 0 Å². The number of carbonyl (C=O) groups is 2. The molecule has 0 saturated carbocycles. The van der Waals surface area contributed by atoms with E-state index in [0.717, 1.165) is 5.69 Å². The predicted octanol–water partition coefficient (Wildman–Crippen LogP) is 2.24. The lowest BCUT2D eigenvalue weighted by Gasteiger charge is -2.10. The molecule has 0 atom stereocenters. The molecule has 0 aliphatic rings. The fourth-order valence-electron chi connectivity index (χ4n) is 2.44. The second kappa shape index (κ2) is 7.61. The molecule has 2 aromatic carbocycles. The van der Waals surface area contributed by atoms with Gasteiger partial charge in [0.15, 0.2) is 0 Å². The first kappa shape index (κ1) is 18.0. The van der Waals surface area contributed by atoms with Gasteiger partial charge in [0.1, 0.15) is 17.2 Å². The van der Waals surface area contributed by atoms with Gasteiger partial charge in [-0.25, -0.2) is 4.68 Å². The number of aromatic nitrogens is 2. The maximum Gasteiger partial charge on any atom is 0.269 e. The SMILES string of the molecule is COc1cc(OC)cc(C(=O)Nc2ccc(-n3ccc(C(N)=O)n3)cc2)c1. The van der Waals surface area contributed by atoms with Crippen LogP contribution >= 0.6 is 0 Å². The molecule has 0 aliphatic carbocycles. The Bertz CT molecular complexity index is 957. The lowest BCUT2D eigenvalue weighted by Crippen LogP contribution is -2.13. The van der Waals surface area contributed by atoms with E-state index in [1.165, 1.54) is 25.0 Å². The number of ether oxygens (including phenoxy) is 2. The molecule has 0 unspecified atom stereocenters. The fraction of sp³-hybridized carbons (Fsp3) is 0.105. The summed E-state index contributed by atoms with van der Waals surface area (Å²) >= 11 is 0. The van der Waals surface area contributed by atoms with E-state index in [2.05, 4.69) is 10.4 Å². The normalized spacial score (nSPS) is 10.3. The molecule has 27 heavy (non-hydrogen) atoms. The number of carbonyl (C=O) groups excluding carboxylic acids is 2. The maximum atomic E-state index is 12.5. The van der Waals surface area contributed by atoms with Gasteiger partial charge in [0.25, 0.3) is 11.8 Å². The average molecular weight is 366 g/mol. The Kier molecular flexibility index (Phi) is 5.07. The monoisotopic (exact) mass is 366 g/mol. The van der Waals surface area contributed by atoms with Crippen molar-refractivity contribution >= 4 is 17.5 Å². The average Bonchev–Trinajstić information content (AvgIpc) is 3.18. The molecule has 0 aliphatic heterocycles. The summed E-state index contributed by atoms with van der Waals surface area (Å²) in [7, 11) is 3.04. The molecule has 8 nitrogen and oxygen atoms in total. The minimum atomic E-state index is -0.591. The van der Waals surface area contributed by atoms with Crippen molar-refractivity contribution in [2.24, 2.45) is 5.73 Å². The first-order valence-corrected chi connectivity index (χ1v) is 8.00. The van der Waals surface area contributed by atoms with Crippen molar-refractivity contribution in [1.82, 2.24) is 9.78 Å². The smallest absolute Gasteiger partial charge is 0.269 e. The number of nitrogens with two attached hydrogens (primary N) is 1. The second-order valence-corrected chi connectivity index (χ2v) is 5.61. The van der Waals surface area contributed by atoms with E-state index >= 15 is 0 Å². The third-order valence-corrected chi connectivity index (χ3v) is 3.84. The number of amides is 2. The second-order valence-electron chi connectivity index (χ2n) is 5.61. The van der Waals surface area contributed by atoms with Crippen LogP contribution in [0.15, 0.2) is 54.7 Å². The highest BCUT2D eigenvalue weighted by Gasteiger charge is 2.11. The van der Waals surface area contributed by atoms with E-state index in [9.17, 15) is 9.59 Å². The van der Waals surface area contributed by atoms with Gasteiger partial charge < -0.3 is 20.5 Å². The molecular formula is C19H18N4O4. The third kappa shape index (κ3) is 4.06. The molecule has 8 heteroatoms. The standard InChI is InChI=1S/C19H18N4O4/c1-26-15-9-12(10-16(11-15)27-2)19(25)21-13-3-5-14(6-4-13)23-8-7-17(22-23)18(20)24/h3-11H,1-2H3,(H2,20,24)(H,21,25). The summed E-state index contributed by atoms with van der Waals surface area (Å²) in [5, 5.41) is 6.89. The van der Waals surface area contributed by atoms with E-state index in [1.807, 2.05) is 0 Å². The van der Waals surface area contributed by atoms with Gasteiger partial charge in [-0.2, -0.15) is 5.10 Å². The summed E-state index contributed by atoms with van der Waals surface area (Å²) in [6.45, 7) is 0. The van der Waals surface area contributed by atoms with E-state index < -0.39 is 5.91 Å². The number of hydrogen-bond donors (Lipinski definition) is 2. The zero-order valence-corrected chi connectivity index (χ0v) is 14.8. The molecule has 3 rings (SSSR count). The number of primary amides is 1. The highest BCUT2D eigenvalue weighted by Crippen LogP contribution is 2.23. The number of benzene rings is 2. The zero-order chi connectivity index (χ0) is 19.4. The number of nitrogens with zero attached hydrogens (tertiary/aromatic N) is 2. The minimum absolute atomic E-state index is 0.180. The van der Waals surface area contributed by atoms with Crippen LogP contribution in [-0.4, -0.2) is 35.8 Å². The quantitative estimate of drug-likeness (QED) is 0.695. The number of anilines is 1. The van der Waals surface area contributed by atoms with Crippen LogP contribution in [0.1, 0.15) is 20.8 Å². The molecule has 3 N–H and O–H groups in total. The molecule has 1 heterocycles. The molecule has 0 saturated heterocycles. The molecule has 0 spiro atoms. The summed E-state index contributed by atoms with van der Waals surface area (Å²) in [4.78, 5) is 23.6. The van der Waals surface area contributed by atoms with Gasteiger partial charge in [-0.1, -0.05) is 0 Å². The lowest BCUT2D eigenvalue weighted by atomic mass is 10.1. The Labute approximate surface area is 155 Å². The molecule has 0 radical (unpaired) electrons. The van der Waals surface area contributed by atoms with Crippen LogP contribution in [0.4, 0.5) is 5.69 Å². The van der Waals surface area contributed by atoms with Gasteiger partial charge >= 0.3 is 0 Å². The molecule has 3 aromatic rings. The first-order valence-electron chi connectivity index (χ1n) is 8.00. The van der Waals surface area contributed by atoms with Gasteiger partial charge in [-0.05, 0) is 42.5 Å². The highest BCUT2D eigenvalue weighted by molar-refractivity contribution is 6.04. The van der Waals surface area contributed by atoms with Gasteiger partial charge in [0, 0.05) is 23.5 Å². The van der Waals surface area contributed by atoms with E-state index in [1.54, 1.807) is 48.7 Å². The summed E-state index contributed by atoms with van der Waals surface area (Å²) in [6, 6.07) is 13.5. The van der Waals surface area contributed by atoms with Crippen LogP contribution < -0.4 is 20.5 Å². The van der Waals surface area contributed by atoms with Crippen LogP contribution in [0.2, 0.25) is 0 Å². The van der Waals surface area contributed by atoms with Crippen molar-refractivity contribution in [2.75, 3.05) is 19.5 Å². The van der Waals surface area contributed by atoms with Crippen molar-refractivity contribution in [3.63, 3.8) is 0 Å². The molecule has 138 valence electrons. The summed E-state index contributed by atoms with van der Waals surface area (Å²) < 4.78 is 11.9. The van der Waals surface area contributed by atoms with Gasteiger partial charge in [0.05, 0.1) is 19.9 Å². The minimum Gasteiger partial charge on any atom is -0.497 e. The van der Waals surface area contributed by atoms with Crippen molar-refractivity contribution < 1.29 is 19.1 Å². The Morgan fingerprint density at radius 1 is 1.00 bits per heavy atom. The summed E-state index contributed by atoms with van der Waals surface area (Å²) in [5.41, 5.74) is 7.12. The largest absolute Gasteiger partial charge is 0.497 e. The molecule has 2 amide bonds. The van der Waals surface area contributed by atoms with Crippen molar-refractivity contribution in [2.45, 2.75) is 0 Å². The van der Waals surface area contributed by atoms with Crippen LogP contribution in [0.5, 0.6) is 11.5 Å². The topological polar surface area (TPSA) is 108 Å². The fourth-order valence-corrected chi connectivity index (χ4v) is 2.44. The molecule has 0 bridgehead atoms. The predicted molar refractivity (Wildman–Crippen MR) is 99.6 cm³/mol. The highest BCUT2D eigenvalue weighted by atomic mass is 16.5. The third-order valence-electron chi connectivity index (χ3n) is 3.84. The van der Waals surface area contributed by atoms with Gasteiger partial charge in [-0.3, -0.25) is 9.59 Å². The van der Waals surface area contributed by atoms with Crippen molar-refractivity contribution in [1.29, 1.82) is 0 Å². The number of hydrogen-bond acceptors (Lipinski definition) is 5. The molecular weight excluding hydrogens is 348 g/mol.